The Hall–Kier alpha value is -0.900. The van der Waals surface area contributed by atoms with E-state index < -0.39 is 0 Å². The average molecular weight is 195 g/mol. The predicted octanol–water partition coefficient (Wildman–Crippen LogP) is 1.79. The molecule has 1 saturated carbocycles. The number of nitrogens with zero attached hydrogens (tertiary/aromatic N) is 2. The van der Waals surface area contributed by atoms with Crippen molar-refractivity contribution in [3.05, 3.63) is 11.7 Å². The van der Waals surface area contributed by atoms with Gasteiger partial charge in [-0.15, -0.1) is 0 Å². The second-order valence-electron chi connectivity index (χ2n) is 4.27. The Morgan fingerprint density at radius 1 is 1.57 bits per heavy atom. The van der Waals surface area contributed by atoms with Crippen LogP contribution >= 0.6 is 0 Å². The highest BCUT2D eigenvalue weighted by molar-refractivity contribution is 5.14. The number of aromatic nitrogens is 2. The molecule has 1 fully saturated rings. The zero-order chi connectivity index (χ0) is 10.2. The maximum absolute atomic E-state index is 5.25. The lowest BCUT2D eigenvalue weighted by Crippen LogP contribution is -2.15. The van der Waals surface area contributed by atoms with Gasteiger partial charge in [-0.1, -0.05) is 19.0 Å². The quantitative estimate of drug-likeness (QED) is 0.795. The van der Waals surface area contributed by atoms with Crippen molar-refractivity contribution >= 4 is 0 Å². The van der Waals surface area contributed by atoms with Crippen molar-refractivity contribution in [2.75, 3.05) is 7.05 Å². The molecular formula is C10H17N3O. The first-order valence-electron chi connectivity index (χ1n) is 5.21. The molecule has 1 atom stereocenters. The molecule has 0 aromatic carbocycles. The van der Waals surface area contributed by atoms with Crippen molar-refractivity contribution in [2.24, 2.45) is 0 Å². The van der Waals surface area contributed by atoms with Gasteiger partial charge in [-0.3, -0.25) is 0 Å². The first kappa shape index (κ1) is 9.65. The summed E-state index contributed by atoms with van der Waals surface area (Å²) in [7, 11) is 1.91. The fourth-order valence-corrected chi connectivity index (χ4v) is 1.54. The largest absolute Gasteiger partial charge is 0.338 e. The molecule has 14 heavy (non-hydrogen) atoms. The summed E-state index contributed by atoms with van der Waals surface area (Å²) >= 11 is 0. The normalized spacial score (nSPS) is 20.8. The molecule has 1 aliphatic carbocycles. The maximum atomic E-state index is 5.25. The third kappa shape index (κ3) is 1.54. The Kier molecular flexibility index (Phi) is 2.31. The van der Waals surface area contributed by atoms with Crippen LogP contribution in [0.2, 0.25) is 0 Å². The fourth-order valence-electron chi connectivity index (χ4n) is 1.54. The summed E-state index contributed by atoms with van der Waals surface area (Å²) < 4.78 is 5.25. The van der Waals surface area contributed by atoms with Gasteiger partial charge in [-0.05, 0) is 26.3 Å². The number of nitrogens with one attached hydrogen (secondary N) is 1. The Morgan fingerprint density at radius 2 is 2.29 bits per heavy atom. The molecule has 1 heterocycles. The number of hydrogen-bond donors (Lipinski definition) is 1. The van der Waals surface area contributed by atoms with E-state index in [9.17, 15) is 0 Å². The van der Waals surface area contributed by atoms with Gasteiger partial charge in [0.1, 0.15) is 0 Å². The topological polar surface area (TPSA) is 51.0 Å². The van der Waals surface area contributed by atoms with Gasteiger partial charge < -0.3 is 9.84 Å². The molecule has 4 nitrogen and oxygen atoms in total. The van der Waals surface area contributed by atoms with E-state index in [1.165, 1.54) is 12.8 Å². The van der Waals surface area contributed by atoms with Crippen molar-refractivity contribution < 1.29 is 4.52 Å². The molecule has 1 unspecified atom stereocenters. The van der Waals surface area contributed by atoms with Crippen LogP contribution in [0.4, 0.5) is 0 Å². The highest BCUT2D eigenvalue weighted by Gasteiger charge is 2.43. The van der Waals surface area contributed by atoms with E-state index in [0.717, 1.165) is 18.1 Å². The molecule has 0 aliphatic heterocycles. The molecule has 78 valence electrons. The molecule has 4 heteroatoms. The fraction of sp³-hybridized carbons (Fsp3) is 0.800. The van der Waals surface area contributed by atoms with E-state index in [-0.39, 0.29) is 11.5 Å². The van der Waals surface area contributed by atoms with Crippen LogP contribution in [0.3, 0.4) is 0 Å². The van der Waals surface area contributed by atoms with Gasteiger partial charge in [0.05, 0.1) is 6.04 Å². The van der Waals surface area contributed by atoms with Crippen molar-refractivity contribution in [1.82, 2.24) is 15.5 Å². The molecule has 1 aromatic rings. The Balaban J connectivity index is 2.16. The van der Waals surface area contributed by atoms with Gasteiger partial charge in [0.2, 0.25) is 5.89 Å². The van der Waals surface area contributed by atoms with Gasteiger partial charge in [-0.25, -0.2) is 0 Å². The minimum atomic E-state index is 0.193. The van der Waals surface area contributed by atoms with Gasteiger partial charge in [-0.2, -0.15) is 4.98 Å². The van der Waals surface area contributed by atoms with E-state index in [2.05, 4.69) is 29.3 Å². The van der Waals surface area contributed by atoms with E-state index >= 15 is 0 Å². The molecule has 0 radical (unpaired) electrons. The standard InChI is InChI=1S/C10H17N3O/c1-4-7(11-3)8-12-9(13-14-8)10(2)5-6-10/h7,11H,4-6H2,1-3H3. The third-order valence-electron chi connectivity index (χ3n) is 3.04. The SMILES string of the molecule is CCC(NC)c1nc(C2(C)CC2)no1. The van der Waals surface area contributed by atoms with Crippen LogP contribution in [0.15, 0.2) is 4.52 Å². The van der Waals surface area contributed by atoms with E-state index in [1.54, 1.807) is 0 Å². The van der Waals surface area contributed by atoms with Gasteiger partial charge in [0.25, 0.3) is 0 Å². The molecule has 1 N–H and O–H groups in total. The van der Waals surface area contributed by atoms with E-state index in [4.69, 9.17) is 4.52 Å². The van der Waals surface area contributed by atoms with Crippen LogP contribution in [0, 0.1) is 0 Å². The van der Waals surface area contributed by atoms with E-state index in [0.29, 0.717) is 0 Å². The second kappa shape index (κ2) is 3.35. The lowest BCUT2D eigenvalue weighted by Gasteiger charge is -2.06. The van der Waals surface area contributed by atoms with Gasteiger partial charge in [0, 0.05) is 5.41 Å². The van der Waals surface area contributed by atoms with Crippen molar-refractivity contribution in [3.63, 3.8) is 0 Å². The molecule has 0 spiro atoms. The van der Waals surface area contributed by atoms with E-state index in [1.807, 2.05) is 7.05 Å². The summed E-state index contributed by atoms with van der Waals surface area (Å²) in [4.78, 5) is 4.45. The molecular weight excluding hydrogens is 178 g/mol. The molecule has 2 rings (SSSR count). The lowest BCUT2D eigenvalue weighted by molar-refractivity contribution is 0.329. The van der Waals surface area contributed by atoms with Crippen LogP contribution in [0.25, 0.3) is 0 Å². The maximum Gasteiger partial charge on any atom is 0.243 e. The predicted molar refractivity (Wildman–Crippen MR) is 53.0 cm³/mol. The first-order chi connectivity index (χ1) is 6.69. The first-order valence-corrected chi connectivity index (χ1v) is 5.21. The summed E-state index contributed by atoms with van der Waals surface area (Å²) in [6, 6.07) is 0.193. The Morgan fingerprint density at radius 3 is 2.79 bits per heavy atom. The molecule has 1 aromatic heterocycles. The van der Waals surface area contributed by atoms with Gasteiger partial charge in [0.15, 0.2) is 5.82 Å². The monoisotopic (exact) mass is 195 g/mol. The van der Waals surface area contributed by atoms with Gasteiger partial charge >= 0.3 is 0 Å². The van der Waals surface area contributed by atoms with Crippen LogP contribution in [-0.2, 0) is 5.41 Å². The van der Waals surface area contributed by atoms with Crippen LogP contribution in [-0.4, -0.2) is 17.2 Å². The molecule has 1 aliphatic rings. The van der Waals surface area contributed by atoms with Crippen molar-refractivity contribution in [3.8, 4) is 0 Å². The summed E-state index contributed by atoms with van der Waals surface area (Å²) in [6.45, 7) is 4.28. The highest BCUT2D eigenvalue weighted by Crippen LogP contribution is 2.46. The summed E-state index contributed by atoms with van der Waals surface area (Å²) in [5.41, 5.74) is 0.202. The van der Waals surface area contributed by atoms with Crippen LogP contribution in [0.1, 0.15) is 50.9 Å². The number of rotatable bonds is 4. The van der Waals surface area contributed by atoms with Crippen LogP contribution < -0.4 is 5.32 Å². The second-order valence-corrected chi connectivity index (χ2v) is 4.27. The summed E-state index contributed by atoms with van der Waals surface area (Å²) in [5.74, 6) is 1.60. The zero-order valence-electron chi connectivity index (χ0n) is 9.00. The number of hydrogen-bond acceptors (Lipinski definition) is 4. The third-order valence-corrected chi connectivity index (χ3v) is 3.04. The van der Waals surface area contributed by atoms with Crippen LogP contribution in [0.5, 0.6) is 0 Å². The average Bonchev–Trinajstić information content (AvgIpc) is 2.76. The summed E-state index contributed by atoms with van der Waals surface area (Å²) in [5, 5.41) is 7.20. The molecule has 0 amide bonds. The Bertz CT molecular complexity index is 313. The smallest absolute Gasteiger partial charge is 0.243 e. The summed E-state index contributed by atoms with van der Waals surface area (Å²) in [6.07, 6.45) is 3.33. The minimum absolute atomic E-state index is 0.193. The highest BCUT2D eigenvalue weighted by atomic mass is 16.5. The lowest BCUT2D eigenvalue weighted by atomic mass is 10.1. The van der Waals surface area contributed by atoms with Crippen molar-refractivity contribution in [2.45, 2.75) is 44.6 Å². The molecule has 0 bridgehead atoms. The van der Waals surface area contributed by atoms with Crippen molar-refractivity contribution in [1.29, 1.82) is 0 Å². The minimum Gasteiger partial charge on any atom is -0.338 e. The Labute approximate surface area is 84.1 Å². The molecule has 0 saturated heterocycles. The zero-order valence-corrected chi connectivity index (χ0v) is 9.00.